The zero-order valence-corrected chi connectivity index (χ0v) is 11.0. The van der Waals surface area contributed by atoms with Crippen LogP contribution in [0.25, 0.3) is 10.9 Å². The first-order valence-corrected chi connectivity index (χ1v) is 6.54. The molecule has 2 aromatic carbocycles. The van der Waals surface area contributed by atoms with E-state index in [1.165, 1.54) is 0 Å². The Bertz CT molecular complexity index is 719. The molecule has 4 nitrogen and oxygen atoms in total. The molecule has 4 heteroatoms. The van der Waals surface area contributed by atoms with Gasteiger partial charge in [-0.2, -0.15) is 5.10 Å². The van der Waals surface area contributed by atoms with Gasteiger partial charge in [0.1, 0.15) is 6.54 Å². The molecule has 100 valence electrons. The summed E-state index contributed by atoms with van der Waals surface area (Å²) in [5.41, 5.74) is 2.06. The Morgan fingerprint density at radius 1 is 1.05 bits per heavy atom. The van der Waals surface area contributed by atoms with E-state index < -0.39 is 0 Å². The third-order valence-corrected chi connectivity index (χ3v) is 3.18. The van der Waals surface area contributed by atoms with Gasteiger partial charge < -0.3 is 5.32 Å². The Morgan fingerprint density at radius 3 is 2.65 bits per heavy atom. The normalized spacial score (nSPS) is 10.6. The third-order valence-electron chi connectivity index (χ3n) is 3.18. The quantitative estimate of drug-likeness (QED) is 0.787. The van der Waals surface area contributed by atoms with E-state index in [-0.39, 0.29) is 12.5 Å². The molecule has 1 heterocycles. The molecule has 0 radical (unpaired) electrons. The van der Waals surface area contributed by atoms with Gasteiger partial charge in [0, 0.05) is 11.9 Å². The number of hydrogen-bond acceptors (Lipinski definition) is 2. The van der Waals surface area contributed by atoms with Crippen molar-refractivity contribution in [2.75, 3.05) is 0 Å². The highest BCUT2D eigenvalue weighted by molar-refractivity contribution is 5.81. The molecule has 1 aromatic heterocycles. The fourth-order valence-electron chi connectivity index (χ4n) is 2.14. The first-order valence-electron chi connectivity index (χ1n) is 6.54. The molecule has 0 saturated carbocycles. The maximum Gasteiger partial charge on any atom is 0.242 e. The molecule has 0 aliphatic heterocycles. The zero-order valence-electron chi connectivity index (χ0n) is 11.0. The second-order valence-electron chi connectivity index (χ2n) is 4.62. The second kappa shape index (κ2) is 5.57. The van der Waals surface area contributed by atoms with E-state index >= 15 is 0 Å². The van der Waals surface area contributed by atoms with Crippen LogP contribution in [-0.2, 0) is 17.9 Å². The molecule has 0 atom stereocenters. The lowest BCUT2D eigenvalue weighted by atomic mass is 10.2. The van der Waals surface area contributed by atoms with Crippen molar-refractivity contribution in [3.05, 3.63) is 66.4 Å². The van der Waals surface area contributed by atoms with Crippen molar-refractivity contribution < 1.29 is 4.79 Å². The maximum absolute atomic E-state index is 12.0. The zero-order chi connectivity index (χ0) is 13.8. The van der Waals surface area contributed by atoms with Crippen LogP contribution in [0.5, 0.6) is 0 Å². The lowest BCUT2D eigenvalue weighted by molar-refractivity contribution is -0.121. The van der Waals surface area contributed by atoms with Crippen molar-refractivity contribution in [1.29, 1.82) is 0 Å². The highest BCUT2D eigenvalue weighted by atomic mass is 16.2. The van der Waals surface area contributed by atoms with Gasteiger partial charge in [0.2, 0.25) is 5.91 Å². The van der Waals surface area contributed by atoms with E-state index in [4.69, 9.17) is 0 Å². The van der Waals surface area contributed by atoms with Crippen LogP contribution in [0, 0.1) is 0 Å². The van der Waals surface area contributed by atoms with Crippen LogP contribution in [-0.4, -0.2) is 15.7 Å². The molecular formula is C16H15N3O. The van der Waals surface area contributed by atoms with Crippen LogP contribution >= 0.6 is 0 Å². The number of fused-ring (bicyclic) bond motifs is 1. The highest BCUT2D eigenvalue weighted by Crippen LogP contribution is 2.12. The van der Waals surface area contributed by atoms with Gasteiger partial charge in [0.15, 0.2) is 0 Å². The molecule has 20 heavy (non-hydrogen) atoms. The summed E-state index contributed by atoms with van der Waals surface area (Å²) >= 11 is 0. The van der Waals surface area contributed by atoms with Crippen LogP contribution in [0.4, 0.5) is 0 Å². The number of nitrogens with zero attached hydrogens (tertiary/aromatic N) is 2. The van der Waals surface area contributed by atoms with Crippen LogP contribution in [0.15, 0.2) is 60.8 Å². The third kappa shape index (κ3) is 2.69. The molecule has 1 N–H and O–H groups in total. The van der Waals surface area contributed by atoms with Crippen molar-refractivity contribution in [1.82, 2.24) is 15.1 Å². The molecule has 0 fully saturated rings. The van der Waals surface area contributed by atoms with Gasteiger partial charge in [-0.05, 0) is 11.6 Å². The first-order chi connectivity index (χ1) is 9.83. The smallest absolute Gasteiger partial charge is 0.242 e. The van der Waals surface area contributed by atoms with Crippen molar-refractivity contribution >= 4 is 16.8 Å². The van der Waals surface area contributed by atoms with E-state index in [0.717, 1.165) is 16.5 Å². The molecule has 1 amide bonds. The van der Waals surface area contributed by atoms with Crippen molar-refractivity contribution in [3.8, 4) is 0 Å². The van der Waals surface area contributed by atoms with Gasteiger partial charge in [0.25, 0.3) is 0 Å². The van der Waals surface area contributed by atoms with Gasteiger partial charge in [-0.1, -0.05) is 48.5 Å². The topological polar surface area (TPSA) is 46.9 Å². The van der Waals surface area contributed by atoms with Crippen LogP contribution in [0.3, 0.4) is 0 Å². The fraction of sp³-hybridized carbons (Fsp3) is 0.125. The lowest BCUT2D eigenvalue weighted by Gasteiger charge is -2.06. The molecule has 0 aliphatic carbocycles. The summed E-state index contributed by atoms with van der Waals surface area (Å²) in [7, 11) is 0. The molecule has 3 rings (SSSR count). The summed E-state index contributed by atoms with van der Waals surface area (Å²) in [6, 6.07) is 17.7. The molecular weight excluding hydrogens is 250 g/mol. The van der Waals surface area contributed by atoms with E-state index in [1.54, 1.807) is 10.9 Å². The predicted octanol–water partition coefficient (Wildman–Crippen LogP) is 2.35. The number of hydrogen-bond donors (Lipinski definition) is 1. The molecule has 0 aliphatic rings. The number of nitrogens with one attached hydrogen (secondary N) is 1. The van der Waals surface area contributed by atoms with Gasteiger partial charge in [-0.15, -0.1) is 0 Å². The number of carbonyl (C=O) groups excluding carboxylic acids is 1. The number of carbonyl (C=O) groups is 1. The monoisotopic (exact) mass is 265 g/mol. The van der Waals surface area contributed by atoms with Crippen LogP contribution in [0.2, 0.25) is 0 Å². The largest absolute Gasteiger partial charge is 0.350 e. The van der Waals surface area contributed by atoms with Gasteiger partial charge in [-0.3, -0.25) is 9.48 Å². The summed E-state index contributed by atoms with van der Waals surface area (Å²) in [4.78, 5) is 12.0. The standard InChI is InChI=1S/C16H15N3O/c20-16(17-10-13-6-2-1-3-7-13)12-19-15-9-5-4-8-14(15)11-18-19/h1-9,11H,10,12H2,(H,17,20). The van der Waals surface area contributed by atoms with E-state index in [1.807, 2.05) is 54.6 Å². The maximum atomic E-state index is 12.0. The molecule has 0 saturated heterocycles. The Hall–Kier alpha value is -2.62. The van der Waals surface area contributed by atoms with E-state index in [9.17, 15) is 4.79 Å². The number of benzene rings is 2. The SMILES string of the molecule is O=C(Cn1ncc2ccccc21)NCc1ccccc1. The lowest BCUT2D eigenvalue weighted by Crippen LogP contribution is -2.27. The average Bonchev–Trinajstić information content (AvgIpc) is 2.90. The number of aromatic nitrogens is 2. The van der Waals surface area contributed by atoms with Crippen LogP contribution in [0.1, 0.15) is 5.56 Å². The Kier molecular flexibility index (Phi) is 3.46. The summed E-state index contributed by atoms with van der Waals surface area (Å²) < 4.78 is 1.72. The molecule has 0 unspecified atom stereocenters. The fourth-order valence-corrected chi connectivity index (χ4v) is 2.14. The molecule has 0 spiro atoms. The average molecular weight is 265 g/mol. The first kappa shape index (κ1) is 12.4. The van der Waals surface area contributed by atoms with Crippen LogP contribution < -0.4 is 5.32 Å². The number of amides is 1. The van der Waals surface area contributed by atoms with Crippen molar-refractivity contribution in [2.24, 2.45) is 0 Å². The Balaban J connectivity index is 1.64. The van der Waals surface area contributed by atoms with E-state index in [0.29, 0.717) is 6.54 Å². The minimum Gasteiger partial charge on any atom is -0.350 e. The second-order valence-corrected chi connectivity index (χ2v) is 4.62. The predicted molar refractivity (Wildman–Crippen MR) is 78.0 cm³/mol. The summed E-state index contributed by atoms with van der Waals surface area (Å²) in [5.74, 6) is -0.0392. The summed E-state index contributed by atoms with van der Waals surface area (Å²) in [6.45, 7) is 0.777. The van der Waals surface area contributed by atoms with Crippen molar-refractivity contribution in [3.63, 3.8) is 0 Å². The van der Waals surface area contributed by atoms with Gasteiger partial charge >= 0.3 is 0 Å². The Morgan fingerprint density at radius 2 is 1.80 bits per heavy atom. The molecule has 3 aromatic rings. The van der Waals surface area contributed by atoms with Crippen molar-refractivity contribution in [2.45, 2.75) is 13.1 Å². The summed E-state index contributed by atoms with van der Waals surface area (Å²) in [5, 5.41) is 8.19. The number of para-hydroxylation sites is 1. The number of rotatable bonds is 4. The van der Waals surface area contributed by atoms with Gasteiger partial charge in [-0.25, -0.2) is 0 Å². The minimum absolute atomic E-state index is 0.0392. The van der Waals surface area contributed by atoms with E-state index in [2.05, 4.69) is 10.4 Å². The molecule has 0 bridgehead atoms. The minimum atomic E-state index is -0.0392. The highest BCUT2D eigenvalue weighted by Gasteiger charge is 2.06. The summed E-state index contributed by atoms with van der Waals surface area (Å²) in [6.07, 6.45) is 1.78. The van der Waals surface area contributed by atoms with Gasteiger partial charge in [0.05, 0.1) is 11.7 Å². The Labute approximate surface area is 117 Å².